The molecule has 1 aromatic heterocycles. The minimum absolute atomic E-state index is 0.314. The fraction of sp³-hybridized carbons (Fsp3) is 0.467. The third kappa shape index (κ3) is 2.95. The lowest BCUT2D eigenvalue weighted by Gasteiger charge is -2.08. The topological polar surface area (TPSA) is 12.0 Å². The molecule has 0 saturated carbocycles. The highest BCUT2D eigenvalue weighted by Crippen LogP contribution is 2.36. The molecule has 1 N–H and O–H groups in total. The van der Waals surface area contributed by atoms with E-state index in [0.717, 1.165) is 23.4 Å². The molecule has 1 aromatic carbocycles. The zero-order chi connectivity index (χ0) is 14.0. The zero-order valence-electron chi connectivity index (χ0n) is 11.5. The summed E-state index contributed by atoms with van der Waals surface area (Å²) >= 11 is 1.37. The van der Waals surface area contributed by atoms with Gasteiger partial charge in [-0.2, -0.15) is 0 Å². The molecule has 104 valence electrons. The molecular formula is C15H19F2NS. The van der Waals surface area contributed by atoms with Crippen molar-refractivity contribution in [2.75, 3.05) is 6.54 Å². The van der Waals surface area contributed by atoms with E-state index in [0.29, 0.717) is 22.5 Å². The number of rotatable bonds is 5. The highest BCUT2D eigenvalue weighted by molar-refractivity contribution is 7.19. The van der Waals surface area contributed by atoms with Gasteiger partial charge in [0.1, 0.15) is 11.6 Å². The average Bonchev–Trinajstić information content (AvgIpc) is 2.71. The first-order valence-electron chi connectivity index (χ1n) is 6.63. The fourth-order valence-corrected chi connectivity index (χ4v) is 3.46. The van der Waals surface area contributed by atoms with Crippen LogP contribution >= 0.6 is 11.3 Å². The van der Waals surface area contributed by atoms with Crippen molar-refractivity contribution >= 4 is 21.4 Å². The first-order valence-corrected chi connectivity index (χ1v) is 7.45. The molecule has 0 fully saturated rings. The summed E-state index contributed by atoms with van der Waals surface area (Å²) in [5, 5.41) is 3.72. The van der Waals surface area contributed by atoms with Gasteiger partial charge in [0, 0.05) is 16.8 Å². The maximum Gasteiger partial charge on any atom is 0.141 e. The Balaban J connectivity index is 2.59. The van der Waals surface area contributed by atoms with E-state index in [2.05, 4.69) is 19.2 Å². The highest BCUT2D eigenvalue weighted by atomic mass is 32.1. The van der Waals surface area contributed by atoms with Crippen molar-refractivity contribution in [3.05, 3.63) is 34.2 Å². The fourth-order valence-electron chi connectivity index (χ4n) is 2.24. The summed E-state index contributed by atoms with van der Waals surface area (Å²) in [5.74, 6) is -0.221. The van der Waals surface area contributed by atoms with Crippen molar-refractivity contribution in [1.82, 2.24) is 5.32 Å². The lowest BCUT2D eigenvalue weighted by atomic mass is 9.99. The summed E-state index contributed by atoms with van der Waals surface area (Å²) in [6.07, 6.45) is 0.779. The van der Waals surface area contributed by atoms with E-state index in [9.17, 15) is 8.78 Å². The lowest BCUT2D eigenvalue weighted by molar-refractivity contribution is 0.613. The van der Waals surface area contributed by atoms with Crippen molar-refractivity contribution < 1.29 is 8.78 Å². The zero-order valence-corrected chi connectivity index (χ0v) is 12.3. The van der Waals surface area contributed by atoms with E-state index >= 15 is 0 Å². The second-order valence-electron chi connectivity index (χ2n) is 5.12. The third-order valence-electron chi connectivity index (χ3n) is 3.07. The van der Waals surface area contributed by atoms with Crippen LogP contribution < -0.4 is 5.32 Å². The van der Waals surface area contributed by atoms with Gasteiger partial charge in [-0.1, -0.05) is 20.8 Å². The normalized spacial score (nSPS) is 11.7. The van der Waals surface area contributed by atoms with Crippen molar-refractivity contribution in [2.24, 2.45) is 5.92 Å². The standard InChI is InChI=1S/C15H19F2NS/c1-4-18-8-13-10(7-9(2)3)14-11(16)5-6-12(17)15(14)19-13/h5-6,9,18H,4,7-8H2,1-3H3. The number of benzene rings is 1. The highest BCUT2D eigenvalue weighted by Gasteiger charge is 2.18. The van der Waals surface area contributed by atoms with Crippen molar-refractivity contribution in [3.8, 4) is 0 Å². The molecule has 1 heterocycles. The number of hydrogen-bond acceptors (Lipinski definition) is 2. The minimum Gasteiger partial charge on any atom is -0.312 e. The third-order valence-corrected chi connectivity index (χ3v) is 4.31. The summed E-state index contributed by atoms with van der Waals surface area (Å²) in [6, 6.07) is 2.44. The van der Waals surface area contributed by atoms with Gasteiger partial charge in [0.2, 0.25) is 0 Å². The van der Waals surface area contributed by atoms with Gasteiger partial charge >= 0.3 is 0 Å². The van der Waals surface area contributed by atoms with E-state index in [1.807, 2.05) is 6.92 Å². The Kier molecular flexibility index (Phi) is 4.53. The molecule has 0 unspecified atom stereocenters. The molecular weight excluding hydrogens is 264 g/mol. The first kappa shape index (κ1) is 14.4. The lowest BCUT2D eigenvalue weighted by Crippen LogP contribution is -2.12. The van der Waals surface area contributed by atoms with Crippen LogP contribution in [0.2, 0.25) is 0 Å². The molecule has 0 aliphatic carbocycles. The van der Waals surface area contributed by atoms with Crippen LogP contribution in [-0.2, 0) is 13.0 Å². The Morgan fingerprint density at radius 2 is 1.89 bits per heavy atom. The number of nitrogens with one attached hydrogen (secondary N) is 1. The van der Waals surface area contributed by atoms with Gasteiger partial charge in [0.25, 0.3) is 0 Å². The Morgan fingerprint density at radius 1 is 1.21 bits per heavy atom. The molecule has 0 bridgehead atoms. The summed E-state index contributed by atoms with van der Waals surface area (Å²) in [7, 11) is 0. The average molecular weight is 283 g/mol. The Morgan fingerprint density at radius 3 is 2.53 bits per heavy atom. The summed E-state index contributed by atoms with van der Waals surface area (Å²) in [4.78, 5) is 1.05. The van der Waals surface area contributed by atoms with E-state index in [4.69, 9.17) is 0 Å². The predicted octanol–water partition coefficient (Wildman–Crippen LogP) is 4.49. The number of thiophene rings is 1. The van der Waals surface area contributed by atoms with E-state index < -0.39 is 0 Å². The van der Waals surface area contributed by atoms with Gasteiger partial charge in [0.05, 0.1) is 4.70 Å². The molecule has 2 rings (SSSR count). The van der Waals surface area contributed by atoms with Crippen LogP contribution in [0.4, 0.5) is 8.78 Å². The molecule has 0 amide bonds. The van der Waals surface area contributed by atoms with Crippen LogP contribution in [0.1, 0.15) is 31.2 Å². The van der Waals surface area contributed by atoms with Crippen LogP contribution in [0.25, 0.3) is 10.1 Å². The predicted molar refractivity (Wildman–Crippen MR) is 77.7 cm³/mol. The van der Waals surface area contributed by atoms with Gasteiger partial charge in [-0.15, -0.1) is 11.3 Å². The van der Waals surface area contributed by atoms with Crippen LogP contribution in [0.3, 0.4) is 0 Å². The maximum atomic E-state index is 14.0. The molecule has 1 nitrogen and oxygen atoms in total. The van der Waals surface area contributed by atoms with Crippen LogP contribution in [0.15, 0.2) is 12.1 Å². The number of fused-ring (bicyclic) bond motifs is 1. The smallest absolute Gasteiger partial charge is 0.141 e. The number of hydrogen-bond donors (Lipinski definition) is 1. The molecule has 2 aromatic rings. The van der Waals surface area contributed by atoms with Gasteiger partial charge in [-0.25, -0.2) is 8.78 Å². The first-order chi connectivity index (χ1) is 9.04. The summed E-state index contributed by atoms with van der Waals surface area (Å²) in [6.45, 7) is 7.74. The number of halogens is 2. The molecule has 19 heavy (non-hydrogen) atoms. The van der Waals surface area contributed by atoms with E-state index in [1.54, 1.807) is 0 Å². The molecule has 0 aliphatic heterocycles. The van der Waals surface area contributed by atoms with Gasteiger partial charge < -0.3 is 5.32 Å². The maximum absolute atomic E-state index is 14.0. The van der Waals surface area contributed by atoms with Gasteiger partial charge in [0.15, 0.2) is 0 Å². The van der Waals surface area contributed by atoms with Gasteiger partial charge in [-0.05, 0) is 36.6 Å². The summed E-state index contributed by atoms with van der Waals surface area (Å²) in [5.41, 5.74) is 0.966. The Hall–Kier alpha value is -1.00. The quantitative estimate of drug-likeness (QED) is 0.852. The second kappa shape index (κ2) is 5.97. The summed E-state index contributed by atoms with van der Waals surface area (Å²) < 4.78 is 28.3. The molecule has 0 saturated heterocycles. The van der Waals surface area contributed by atoms with Gasteiger partial charge in [-0.3, -0.25) is 0 Å². The molecule has 0 atom stereocenters. The van der Waals surface area contributed by atoms with Crippen molar-refractivity contribution in [3.63, 3.8) is 0 Å². The van der Waals surface area contributed by atoms with Crippen molar-refractivity contribution in [1.29, 1.82) is 0 Å². The van der Waals surface area contributed by atoms with Crippen LogP contribution in [0.5, 0.6) is 0 Å². The van der Waals surface area contributed by atoms with Crippen LogP contribution in [-0.4, -0.2) is 6.54 Å². The largest absolute Gasteiger partial charge is 0.312 e. The molecule has 4 heteroatoms. The second-order valence-corrected chi connectivity index (χ2v) is 6.22. The Labute approximate surface area is 116 Å². The van der Waals surface area contributed by atoms with E-state index in [1.165, 1.54) is 23.5 Å². The van der Waals surface area contributed by atoms with Crippen LogP contribution in [0, 0.1) is 17.6 Å². The SMILES string of the molecule is CCNCc1sc2c(F)ccc(F)c2c1CC(C)C. The Bertz CT molecular complexity index is 575. The minimum atomic E-state index is -0.325. The van der Waals surface area contributed by atoms with Crippen molar-refractivity contribution in [2.45, 2.75) is 33.7 Å². The molecule has 0 aliphatic rings. The van der Waals surface area contributed by atoms with E-state index in [-0.39, 0.29) is 11.6 Å². The molecule has 0 spiro atoms. The monoisotopic (exact) mass is 283 g/mol. The molecule has 0 radical (unpaired) electrons.